The van der Waals surface area contributed by atoms with Crippen molar-refractivity contribution in [3.8, 4) is 0 Å². The van der Waals surface area contributed by atoms with Crippen LogP contribution in [0.3, 0.4) is 0 Å². The number of amides is 1. The first-order chi connectivity index (χ1) is 12.4. The molecule has 0 spiro atoms. The third-order valence-corrected chi connectivity index (χ3v) is 6.23. The smallest absolute Gasteiger partial charge is 0.257 e. The van der Waals surface area contributed by atoms with Gasteiger partial charge in [-0.3, -0.25) is 4.79 Å². The number of carbonyl (C=O) groups excluding carboxylic acids is 1. The Bertz CT molecular complexity index is 844. The lowest BCUT2D eigenvalue weighted by Gasteiger charge is -2.31. The number of sulfonamides is 1. The maximum absolute atomic E-state index is 12.3. The predicted octanol–water partition coefficient (Wildman–Crippen LogP) is 2.90. The number of benzene rings is 1. The molecule has 3 rings (SSSR count). The van der Waals surface area contributed by atoms with Crippen molar-refractivity contribution in [3.05, 3.63) is 59.0 Å². The lowest BCUT2D eigenvalue weighted by atomic mass is 9.97. The second-order valence-corrected chi connectivity index (χ2v) is 8.66. The lowest BCUT2D eigenvalue weighted by Crippen LogP contribution is -2.41. The third-order valence-electron chi connectivity index (χ3n) is 4.57. The van der Waals surface area contributed by atoms with Crippen molar-refractivity contribution in [2.75, 3.05) is 19.6 Å². The molecule has 2 heterocycles. The monoisotopic (exact) mass is 396 g/mol. The van der Waals surface area contributed by atoms with Gasteiger partial charge in [0.05, 0.1) is 17.6 Å². The average molecular weight is 397 g/mol. The van der Waals surface area contributed by atoms with Gasteiger partial charge in [-0.2, -0.15) is 0 Å². The predicted molar refractivity (Wildman–Crippen MR) is 99.4 cm³/mol. The summed E-state index contributed by atoms with van der Waals surface area (Å²) in [5.41, 5.74) is 1.13. The van der Waals surface area contributed by atoms with E-state index in [1.54, 1.807) is 35.2 Å². The van der Waals surface area contributed by atoms with E-state index >= 15 is 0 Å². The zero-order valence-electron chi connectivity index (χ0n) is 14.2. The average Bonchev–Trinajstić information content (AvgIpc) is 3.16. The van der Waals surface area contributed by atoms with Gasteiger partial charge in [-0.1, -0.05) is 29.8 Å². The number of furan rings is 1. The van der Waals surface area contributed by atoms with Crippen molar-refractivity contribution in [2.45, 2.75) is 18.6 Å². The van der Waals surface area contributed by atoms with Gasteiger partial charge in [0.1, 0.15) is 6.26 Å². The van der Waals surface area contributed by atoms with Gasteiger partial charge in [-0.15, -0.1) is 0 Å². The molecule has 140 valence electrons. The number of rotatable bonds is 6. The van der Waals surface area contributed by atoms with E-state index in [1.165, 1.54) is 12.5 Å². The highest BCUT2D eigenvalue weighted by atomic mass is 35.5. The summed E-state index contributed by atoms with van der Waals surface area (Å²) in [4.78, 5) is 14.0. The number of piperidine rings is 1. The molecule has 0 bridgehead atoms. The number of carbonyl (C=O) groups is 1. The minimum absolute atomic E-state index is 0.0449. The van der Waals surface area contributed by atoms with E-state index in [2.05, 4.69) is 4.72 Å². The van der Waals surface area contributed by atoms with Gasteiger partial charge in [-0.05, 0) is 36.5 Å². The highest BCUT2D eigenvalue weighted by Crippen LogP contribution is 2.20. The lowest BCUT2D eigenvalue weighted by molar-refractivity contribution is 0.0691. The molecule has 26 heavy (non-hydrogen) atoms. The topological polar surface area (TPSA) is 79.6 Å². The Kier molecular flexibility index (Phi) is 6.01. The highest BCUT2D eigenvalue weighted by Gasteiger charge is 2.25. The van der Waals surface area contributed by atoms with Crippen molar-refractivity contribution in [3.63, 3.8) is 0 Å². The fourth-order valence-electron chi connectivity index (χ4n) is 3.02. The molecule has 1 aromatic carbocycles. The Morgan fingerprint density at radius 2 is 1.96 bits per heavy atom. The van der Waals surface area contributed by atoms with Crippen LogP contribution in [0, 0.1) is 5.92 Å². The maximum atomic E-state index is 12.3. The van der Waals surface area contributed by atoms with Gasteiger partial charge in [0.15, 0.2) is 0 Å². The summed E-state index contributed by atoms with van der Waals surface area (Å²) in [6.45, 7) is 1.60. The van der Waals surface area contributed by atoms with Crippen molar-refractivity contribution in [2.24, 2.45) is 5.92 Å². The summed E-state index contributed by atoms with van der Waals surface area (Å²) in [6, 6.07) is 8.58. The first-order valence-corrected chi connectivity index (χ1v) is 10.5. The van der Waals surface area contributed by atoms with Crippen molar-refractivity contribution in [1.82, 2.24) is 9.62 Å². The van der Waals surface area contributed by atoms with Crippen LogP contribution in [0.25, 0.3) is 0 Å². The summed E-state index contributed by atoms with van der Waals surface area (Å²) >= 11 is 6.03. The Labute approximate surface area is 158 Å². The van der Waals surface area contributed by atoms with Gasteiger partial charge >= 0.3 is 0 Å². The summed E-state index contributed by atoms with van der Waals surface area (Å²) in [5, 5.41) is 0.448. The fourth-order valence-corrected chi connectivity index (χ4v) is 4.56. The van der Waals surface area contributed by atoms with Crippen LogP contribution < -0.4 is 4.72 Å². The molecule has 0 atom stereocenters. The summed E-state index contributed by atoms with van der Waals surface area (Å²) in [7, 11) is -3.45. The normalized spacial score (nSPS) is 16.0. The molecule has 0 unspecified atom stereocenters. The van der Waals surface area contributed by atoms with Gasteiger partial charge in [-0.25, -0.2) is 13.1 Å². The van der Waals surface area contributed by atoms with E-state index < -0.39 is 10.0 Å². The number of likely N-dealkylation sites (tertiary alicyclic amines) is 1. The minimum Gasteiger partial charge on any atom is -0.472 e. The zero-order chi connectivity index (χ0) is 18.6. The van der Waals surface area contributed by atoms with Crippen LogP contribution in [-0.4, -0.2) is 38.9 Å². The highest BCUT2D eigenvalue weighted by molar-refractivity contribution is 7.88. The fraction of sp³-hybridized carbons (Fsp3) is 0.389. The molecule has 1 aromatic heterocycles. The molecule has 1 saturated heterocycles. The van der Waals surface area contributed by atoms with E-state index in [9.17, 15) is 13.2 Å². The second kappa shape index (κ2) is 8.24. The third kappa shape index (κ3) is 4.87. The van der Waals surface area contributed by atoms with Gasteiger partial charge < -0.3 is 9.32 Å². The van der Waals surface area contributed by atoms with E-state index in [0.29, 0.717) is 35.8 Å². The second-order valence-electron chi connectivity index (χ2n) is 6.45. The number of nitrogens with zero attached hydrogens (tertiary/aromatic N) is 1. The van der Waals surface area contributed by atoms with Crippen LogP contribution in [-0.2, 0) is 15.8 Å². The first kappa shape index (κ1) is 18.9. The molecule has 6 nitrogen and oxygen atoms in total. The Hall–Kier alpha value is -1.83. The molecule has 1 fully saturated rings. The molecule has 1 aliphatic rings. The van der Waals surface area contributed by atoms with Gasteiger partial charge in [0.2, 0.25) is 10.0 Å². The van der Waals surface area contributed by atoms with Crippen molar-refractivity contribution < 1.29 is 17.6 Å². The molecule has 2 aromatic rings. The molecule has 8 heteroatoms. The number of hydrogen-bond donors (Lipinski definition) is 1. The largest absolute Gasteiger partial charge is 0.472 e. The van der Waals surface area contributed by atoms with Gasteiger partial charge in [0, 0.05) is 24.7 Å². The summed E-state index contributed by atoms with van der Waals surface area (Å²) < 4.78 is 32.2. The van der Waals surface area contributed by atoms with Crippen LogP contribution in [0.4, 0.5) is 0 Å². The SMILES string of the molecule is O=C(c1ccoc1)N1CCC(CNS(=O)(=O)Cc2ccccc2Cl)CC1. The Morgan fingerprint density at radius 3 is 2.62 bits per heavy atom. The van der Waals surface area contributed by atoms with Crippen LogP contribution in [0.15, 0.2) is 47.3 Å². The quantitative estimate of drug-likeness (QED) is 0.814. The number of halogens is 1. The van der Waals surface area contributed by atoms with Crippen LogP contribution in [0.2, 0.25) is 5.02 Å². The maximum Gasteiger partial charge on any atom is 0.257 e. The van der Waals surface area contributed by atoms with Crippen molar-refractivity contribution >= 4 is 27.5 Å². The van der Waals surface area contributed by atoms with E-state index in [0.717, 1.165) is 12.8 Å². The molecule has 1 aliphatic heterocycles. The zero-order valence-corrected chi connectivity index (χ0v) is 15.8. The van der Waals surface area contributed by atoms with E-state index in [-0.39, 0.29) is 17.6 Å². The molecular formula is C18H21ClN2O4S. The van der Waals surface area contributed by atoms with E-state index in [1.807, 2.05) is 0 Å². The number of hydrogen-bond acceptors (Lipinski definition) is 4. The van der Waals surface area contributed by atoms with Gasteiger partial charge in [0.25, 0.3) is 5.91 Å². The van der Waals surface area contributed by atoms with E-state index in [4.69, 9.17) is 16.0 Å². The summed E-state index contributed by atoms with van der Waals surface area (Å²) in [5.74, 6) is 0.0331. The standard InChI is InChI=1S/C18H21ClN2O4S/c19-17-4-2-1-3-16(17)13-26(23,24)20-11-14-5-8-21(9-6-14)18(22)15-7-10-25-12-15/h1-4,7,10,12,14,20H,5-6,8-9,11,13H2. The Balaban J connectivity index is 1.47. The van der Waals surface area contributed by atoms with Crippen LogP contribution in [0.5, 0.6) is 0 Å². The van der Waals surface area contributed by atoms with Crippen LogP contribution >= 0.6 is 11.6 Å². The van der Waals surface area contributed by atoms with Crippen LogP contribution in [0.1, 0.15) is 28.8 Å². The minimum atomic E-state index is -3.45. The molecule has 1 amide bonds. The van der Waals surface area contributed by atoms with Crippen molar-refractivity contribution in [1.29, 1.82) is 0 Å². The number of nitrogens with one attached hydrogen (secondary N) is 1. The summed E-state index contributed by atoms with van der Waals surface area (Å²) in [6.07, 6.45) is 4.45. The molecule has 0 aliphatic carbocycles. The molecule has 1 N–H and O–H groups in total. The Morgan fingerprint density at radius 1 is 1.23 bits per heavy atom. The molecule has 0 saturated carbocycles. The first-order valence-electron chi connectivity index (χ1n) is 8.47. The molecule has 0 radical (unpaired) electrons. The molecular weight excluding hydrogens is 376 g/mol.